The minimum absolute atomic E-state index is 0.000522. The van der Waals surface area contributed by atoms with Crippen molar-refractivity contribution in [3.05, 3.63) is 52.7 Å². The van der Waals surface area contributed by atoms with Crippen molar-refractivity contribution in [1.82, 2.24) is 9.29 Å². The molecule has 0 bridgehead atoms. The number of benzene rings is 1. The van der Waals surface area contributed by atoms with Crippen molar-refractivity contribution < 1.29 is 36.2 Å². The van der Waals surface area contributed by atoms with Gasteiger partial charge in [-0.2, -0.15) is 8.78 Å². The highest BCUT2D eigenvalue weighted by Gasteiger charge is 2.40. The third-order valence-electron chi connectivity index (χ3n) is 4.08. The Balaban J connectivity index is 2.39. The molecule has 12 heteroatoms. The molecule has 1 amide bonds. The Bertz CT molecular complexity index is 1100. The first-order chi connectivity index (χ1) is 13.9. The van der Waals surface area contributed by atoms with Gasteiger partial charge in [-0.05, 0) is 30.2 Å². The van der Waals surface area contributed by atoms with Gasteiger partial charge in [0.2, 0.25) is 5.91 Å². The van der Waals surface area contributed by atoms with Crippen LogP contribution in [0.4, 0.5) is 13.2 Å². The minimum atomic E-state index is -4.70. The molecule has 0 radical (unpaired) electrons. The van der Waals surface area contributed by atoms with Crippen LogP contribution in [0.1, 0.15) is 26.7 Å². The van der Waals surface area contributed by atoms with E-state index in [1.54, 1.807) is 11.6 Å². The largest absolute Gasteiger partial charge is 0.435 e. The maximum absolute atomic E-state index is 14.2. The molecule has 2 rings (SSSR count). The van der Waals surface area contributed by atoms with Gasteiger partial charge in [-0.25, -0.2) is 17.5 Å². The topological polar surface area (TPSA) is 115 Å². The number of amides is 1. The highest BCUT2D eigenvalue weighted by atomic mass is 32.2. The highest BCUT2D eigenvalue weighted by molar-refractivity contribution is 7.90. The van der Waals surface area contributed by atoms with Crippen molar-refractivity contribution in [2.45, 2.75) is 38.4 Å². The first kappa shape index (κ1) is 23.4. The monoisotopic (exact) mass is 448 g/mol. The fourth-order valence-electron chi connectivity index (χ4n) is 2.55. The Hall–Kier alpha value is -2.86. The Morgan fingerprint density at radius 3 is 2.50 bits per heavy atom. The summed E-state index contributed by atoms with van der Waals surface area (Å²) in [6.45, 7) is -0.688. The molecule has 0 aliphatic rings. The van der Waals surface area contributed by atoms with Gasteiger partial charge < -0.3 is 9.84 Å². The fraction of sp³-hybridized carbons (Fsp3) is 0.333. The molecular weight excluding hydrogens is 429 g/mol. The number of aliphatic hydroxyl groups is 1. The van der Waals surface area contributed by atoms with Gasteiger partial charge >= 0.3 is 6.61 Å². The predicted molar refractivity (Wildman–Crippen MR) is 101 cm³/mol. The average molecular weight is 448 g/mol. The molecule has 1 atom stereocenters. The van der Waals surface area contributed by atoms with E-state index in [1.807, 2.05) is 0 Å². The molecule has 8 nitrogen and oxygen atoms in total. The molecule has 0 saturated heterocycles. The van der Waals surface area contributed by atoms with Crippen LogP contribution in [0.5, 0.6) is 5.75 Å². The quantitative estimate of drug-likeness (QED) is 0.640. The molecule has 1 heterocycles. The number of rotatable bonds is 8. The maximum Gasteiger partial charge on any atom is 0.387 e. The summed E-state index contributed by atoms with van der Waals surface area (Å²) >= 11 is 0. The number of nitrogens with one attached hydrogen (secondary N) is 1. The summed E-state index contributed by atoms with van der Waals surface area (Å²) in [6, 6.07) is 4.87. The summed E-state index contributed by atoms with van der Waals surface area (Å²) in [5, 5.41) is 7.63. The van der Waals surface area contributed by atoms with Gasteiger partial charge in [0.05, 0.1) is 0 Å². The molecule has 164 valence electrons. The summed E-state index contributed by atoms with van der Waals surface area (Å²) in [5.74, 6) is -2.23. The van der Waals surface area contributed by atoms with Crippen LogP contribution in [0.2, 0.25) is 0 Å². The van der Waals surface area contributed by atoms with E-state index in [-0.39, 0.29) is 17.5 Å². The smallest absolute Gasteiger partial charge is 0.387 e. The second kappa shape index (κ2) is 8.88. The second-order valence-corrected chi connectivity index (χ2v) is 8.34. The Morgan fingerprint density at radius 2 is 1.97 bits per heavy atom. The maximum atomic E-state index is 14.2. The van der Waals surface area contributed by atoms with Crippen LogP contribution in [0.3, 0.4) is 0 Å². The molecule has 2 N–H and O–H groups in total. The van der Waals surface area contributed by atoms with E-state index in [1.165, 1.54) is 0 Å². The Labute approximate surface area is 170 Å². The number of halogens is 3. The van der Waals surface area contributed by atoms with Crippen molar-refractivity contribution >= 4 is 15.9 Å². The lowest BCUT2D eigenvalue weighted by Crippen LogP contribution is -2.51. The zero-order chi connectivity index (χ0) is 22.7. The standard InChI is InChI=1S/C18H19F3N2O6S/c1-3-4-15(24)22-30(27,28)18(2,26)23-8-7-11(9-16(23)25)13-6-5-12(10-14(13)19)29-17(20)21/h5-10,17,26H,3-4H2,1-2H3,(H,22,24)/t18-/m1/s1. The van der Waals surface area contributed by atoms with E-state index in [4.69, 9.17) is 0 Å². The summed E-state index contributed by atoms with van der Waals surface area (Å²) < 4.78 is 69.6. The van der Waals surface area contributed by atoms with Gasteiger partial charge in [-0.1, -0.05) is 6.92 Å². The van der Waals surface area contributed by atoms with E-state index in [0.29, 0.717) is 17.1 Å². The van der Waals surface area contributed by atoms with Crippen molar-refractivity contribution in [3.8, 4) is 16.9 Å². The molecule has 2 aromatic rings. The number of pyridine rings is 1. The summed E-state index contributed by atoms with van der Waals surface area (Å²) in [6.07, 6.45) is 1.17. The Morgan fingerprint density at radius 1 is 1.30 bits per heavy atom. The van der Waals surface area contributed by atoms with Crippen LogP contribution in [-0.2, 0) is 19.9 Å². The summed E-state index contributed by atoms with van der Waals surface area (Å²) in [4.78, 5) is 24.0. The number of alkyl halides is 2. The average Bonchev–Trinajstić information content (AvgIpc) is 2.60. The van der Waals surface area contributed by atoms with Crippen molar-refractivity contribution in [2.75, 3.05) is 0 Å². The Kier molecular flexibility index (Phi) is 6.93. The first-order valence-corrected chi connectivity index (χ1v) is 10.1. The van der Waals surface area contributed by atoms with Gasteiger partial charge in [-0.3, -0.25) is 14.2 Å². The number of sulfonamides is 1. The van der Waals surface area contributed by atoms with Crippen LogP contribution < -0.4 is 15.0 Å². The van der Waals surface area contributed by atoms with E-state index in [2.05, 4.69) is 4.74 Å². The number of aromatic nitrogens is 1. The van der Waals surface area contributed by atoms with E-state index in [9.17, 15) is 36.3 Å². The first-order valence-electron chi connectivity index (χ1n) is 8.64. The minimum Gasteiger partial charge on any atom is -0.435 e. The van der Waals surface area contributed by atoms with Gasteiger partial charge in [0, 0.05) is 37.2 Å². The number of ether oxygens (including phenoxy) is 1. The third kappa shape index (κ3) is 5.00. The predicted octanol–water partition coefficient (Wildman–Crippen LogP) is 2.12. The van der Waals surface area contributed by atoms with Crippen LogP contribution in [-0.4, -0.2) is 30.6 Å². The van der Waals surface area contributed by atoms with Crippen LogP contribution in [0.15, 0.2) is 41.3 Å². The van der Waals surface area contributed by atoms with Crippen LogP contribution in [0, 0.1) is 5.82 Å². The second-order valence-electron chi connectivity index (χ2n) is 6.36. The van der Waals surface area contributed by atoms with Crippen LogP contribution >= 0.6 is 0 Å². The molecule has 0 spiro atoms. The summed E-state index contributed by atoms with van der Waals surface area (Å²) in [7, 11) is -4.70. The normalized spacial score (nSPS) is 13.7. The number of hydrogen-bond acceptors (Lipinski definition) is 6. The zero-order valence-corrected chi connectivity index (χ0v) is 16.7. The SMILES string of the molecule is CCCC(=O)NS(=O)(=O)[C@@](C)(O)n1ccc(-c2ccc(OC(F)F)cc2F)cc1=O. The van der Waals surface area contributed by atoms with Gasteiger partial charge in [0.1, 0.15) is 11.6 Å². The molecule has 0 aliphatic heterocycles. The zero-order valence-electron chi connectivity index (χ0n) is 15.9. The molecule has 0 unspecified atom stereocenters. The lowest BCUT2D eigenvalue weighted by Gasteiger charge is -2.26. The molecule has 0 fully saturated rings. The summed E-state index contributed by atoms with van der Waals surface area (Å²) in [5.41, 5.74) is -1.15. The number of carbonyl (C=O) groups excluding carboxylic acids is 1. The van der Waals surface area contributed by atoms with Gasteiger partial charge in [0.25, 0.3) is 20.6 Å². The number of carbonyl (C=O) groups is 1. The number of nitrogens with zero attached hydrogens (tertiary/aromatic N) is 1. The molecule has 0 saturated carbocycles. The number of hydrogen-bond donors (Lipinski definition) is 2. The van der Waals surface area contributed by atoms with Gasteiger partial charge in [0.15, 0.2) is 0 Å². The van der Waals surface area contributed by atoms with E-state index >= 15 is 0 Å². The van der Waals surface area contributed by atoms with Crippen molar-refractivity contribution in [2.24, 2.45) is 0 Å². The van der Waals surface area contributed by atoms with Gasteiger partial charge in [-0.15, -0.1) is 0 Å². The molecular formula is C18H19F3N2O6S. The molecule has 30 heavy (non-hydrogen) atoms. The lowest BCUT2D eigenvalue weighted by molar-refractivity contribution is -0.119. The van der Waals surface area contributed by atoms with Crippen LogP contribution in [0.25, 0.3) is 11.1 Å². The molecule has 1 aromatic heterocycles. The van der Waals surface area contributed by atoms with E-state index < -0.39 is 44.7 Å². The van der Waals surface area contributed by atoms with Crippen molar-refractivity contribution in [3.63, 3.8) is 0 Å². The highest BCUT2D eigenvalue weighted by Crippen LogP contribution is 2.27. The molecule has 0 aliphatic carbocycles. The lowest BCUT2D eigenvalue weighted by atomic mass is 10.1. The fourth-order valence-corrected chi connectivity index (χ4v) is 3.55. The van der Waals surface area contributed by atoms with Crippen molar-refractivity contribution in [1.29, 1.82) is 0 Å². The van der Waals surface area contributed by atoms with E-state index in [0.717, 1.165) is 37.4 Å². The third-order valence-corrected chi connectivity index (χ3v) is 5.79. The molecule has 1 aromatic carbocycles.